The fourth-order valence-electron chi connectivity index (χ4n) is 1.93. The first-order valence-corrected chi connectivity index (χ1v) is 6.52. The van der Waals surface area contributed by atoms with E-state index in [1.165, 1.54) is 6.20 Å². The summed E-state index contributed by atoms with van der Waals surface area (Å²) >= 11 is 0. The van der Waals surface area contributed by atoms with Gasteiger partial charge in [0.25, 0.3) is 5.91 Å². The van der Waals surface area contributed by atoms with Crippen molar-refractivity contribution < 1.29 is 4.79 Å². The van der Waals surface area contributed by atoms with Crippen molar-refractivity contribution in [1.29, 1.82) is 0 Å². The second kappa shape index (κ2) is 6.94. The zero-order valence-electron chi connectivity index (χ0n) is 11.8. The van der Waals surface area contributed by atoms with Crippen LogP contribution in [0.3, 0.4) is 0 Å². The number of carbonyl (C=O) groups is 1. The van der Waals surface area contributed by atoms with Crippen LogP contribution in [0.1, 0.15) is 31.1 Å². The molecule has 0 aliphatic heterocycles. The summed E-state index contributed by atoms with van der Waals surface area (Å²) in [4.78, 5) is 17.7. The molecule has 0 fully saturated rings. The van der Waals surface area contributed by atoms with Gasteiger partial charge < -0.3 is 21.7 Å². The third kappa shape index (κ3) is 4.40. The van der Waals surface area contributed by atoms with E-state index in [1.54, 1.807) is 6.07 Å². The van der Waals surface area contributed by atoms with Crippen LogP contribution in [0, 0.1) is 0 Å². The van der Waals surface area contributed by atoms with E-state index in [0.29, 0.717) is 17.1 Å². The molecule has 1 aromatic rings. The van der Waals surface area contributed by atoms with Gasteiger partial charge in [-0.2, -0.15) is 0 Å². The zero-order valence-corrected chi connectivity index (χ0v) is 11.8. The number of primary amides is 1. The van der Waals surface area contributed by atoms with Gasteiger partial charge in [0, 0.05) is 12.6 Å². The molecule has 19 heavy (non-hydrogen) atoms. The highest BCUT2D eigenvalue weighted by Crippen LogP contribution is 2.15. The Bertz CT molecular complexity index is 431. The van der Waals surface area contributed by atoms with Crippen LogP contribution in [-0.2, 0) is 0 Å². The molecule has 0 spiro atoms. The number of nitrogen functional groups attached to an aromatic ring is 1. The summed E-state index contributed by atoms with van der Waals surface area (Å²) in [5, 5.41) is 3.25. The molecular formula is C13H23N5O. The molecular weight excluding hydrogens is 242 g/mol. The smallest absolute Gasteiger partial charge is 0.250 e. The van der Waals surface area contributed by atoms with Crippen molar-refractivity contribution in [2.75, 3.05) is 30.7 Å². The summed E-state index contributed by atoms with van der Waals surface area (Å²) in [7, 11) is 0. The minimum atomic E-state index is -0.542. The van der Waals surface area contributed by atoms with E-state index >= 15 is 0 Å². The molecule has 6 heteroatoms. The van der Waals surface area contributed by atoms with Crippen molar-refractivity contribution in [2.45, 2.75) is 26.8 Å². The molecule has 0 saturated carbocycles. The number of rotatable bonds is 7. The topological polar surface area (TPSA) is 97.3 Å². The summed E-state index contributed by atoms with van der Waals surface area (Å²) in [6.45, 7) is 9.24. The highest BCUT2D eigenvalue weighted by Gasteiger charge is 2.11. The Balaban J connectivity index is 2.71. The maximum absolute atomic E-state index is 11.2. The molecule has 0 saturated heterocycles. The lowest BCUT2D eigenvalue weighted by Crippen LogP contribution is -2.35. The Morgan fingerprint density at radius 1 is 1.47 bits per heavy atom. The van der Waals surface area contributed by atoms with Crippen LogP contribution < -0.4 is 16.8 Å². The van der Waals surface area contributed by atoms with Gasteiger partial charge in [-0.3, -0.25) is 4.79 Å². The maximum Gasteiger partial charge on any atom is 0.250 e. The number of likely N-dealkylation sites (N-methyl/N-ethyl adjacent to an activating group) is 1. The number of nitrogens with zero attached hydrogens (tertiary/aromatic N) is 2. The van der Waals surface area contributed by atoms with Crippen molar-refractivity contribution in [3.63, 3.8) is 0 Å². The number of anilines is 2. The molecule has 1 rings (SSSR count). The standard InChI is InChI=1S/C13H23N5O/c1-4-18(5-2)8-9(3)17-12-6-10(13(15)19)11(14)7-16-12/h6-7,9H,4-5,8,14H2,1-3H3,(H2,15,19)(H,16,17). The van der Waals surface area contributed by atoms with Crippen LogP contribution in [0.15, 0.2) is 12.3 Å². The average Bonchev–Trinajstić information content (AvgIpc) is 2.37. The molecule has 0 radical (unpaired) electrons. The average molecular weight is 265 g/mol. The Labute approximate surface area is 114 Å². The van der Waals surface area contributed by atoms with E-state index in [-0.39, 0.29) is 6.04 Å². The van der Waals surface area contributed by atoms with Crippen molar-refractivity contribution in [3.8, 4) is 0 Å². The minimum Gasteiger partial charge on any atom is -0.397 e. The fourth-order valence-corrected chi connectivity index (χ4v) is 1.93. The summed E-state index contributed by atoms with van der Waals surface area (Å²) < 4.78 is 0. The first-order valence-electron chi connectivity index (χ1n) is 6.52. The SMILES string of the molecule is CCN(CC)CC(C)Nc1cc(C(N)=O)c(N)cn1. The van der Waals surface area contributed by atoms with Gasteiger partial charge in [-0.25, -0.2) is 4.98 Å². The third-order valence-corrected chi connectivity index (χ3v) is 3.02. The molecule has 1 atom stereocenters. The molecule has 6 nitrogen and oxygen atoms in total. The van der Waals surface area contributed by atoms with Gasteiger partial charge in [-0.05, 0) is 26.1 Å². The van der Waals surface area contributed by atoms with E-state index in [9.17, 15) is 4.79 Å². The van der Waals surface area contributed by atoms with Crippen LogP contribution >= 0.6 is 0 Å². The van der Waals surface area contributed by atoms with Gasteiger partial charge in [-0.15, -0.1) is 0 Å². The predicted octanol–water partition coefficient (Wildman–Crippen LogP) is 0.905. The lowest BCUT2D eigenvalue weighted by atomic mass is 10.2. The number of nitrogens with one attached hydrogen (secondary N) is 1. The van der Waals surface area contributed by atoms with Crippen LogP contribution in [0.4, 0.5) is 11.5 Å². The van der Waals surface area contributed by atoms with Crippen molar-refractivity contribution in [1.82, 2.24) is 9.88 Å². The van der Waals surface area contributed by atoms with Crippen LogP contribution in [0.25, 0.3) is 0 Å². The highest BCUT2D eigenvalue weighted by atomic mass is 16.1. The first kappa shape index (κ1) is 15.2. The maximum atomic E-state index is 11.2. The molecule has 0 aliphatic carbocycles. The number of nitrogens with two attached hydrogens (primary N) is 2. The molecule has 1 amide bonds. The Morgan fingerprint density at radius 3 is 2.63 bits per heavy atom. The Hall–Kier alpha value is -1.82. The van der Waals surface area contributed by atoms with Crippen molar-refractivity contribution >= 4 is 17.4 Å². The van der Waals surface area contributed by atoms with Crippen LogP contribution in [0.2, 0.25) is 0 Å². The fraction of sp³-hybridized carbons (Fsp3) is 0.538. The van der Waals surface area contributed by atoms with Gasteiger partial charge in [0.05, 0.1) is 17.4 Å². The summed E-state index contributed by atoms with van der Waals surface area (Å²) in [6.07, 6.45) is 1.45. The Kier molecular flexibility index (Phi) is 5.57. The highest BCUT2D eigenvalue weighted by molar-refractivity contribution is 5.98. The molecule has 1 heterocycles. The van der Waals surface area contributed by atoms with Gasteiger partial charge >= 0.3 is 0 Å². The van der Waals surface area contributed by atoms with Gasteiger partial charge in [0.15, 0.2) is 0 Å². The van der Waals surface area contributed by atoms with E-state index < -0.39 is 5.91 Å². The lowest BCUT2D eigenvalue weighted by Gasteiger charge is -2.23. The summed E-state index contributed by atoms with van der Waals surface area (Å²) in [6, 6.07) is 1.81. The molecule has 0 bridgehead atoms. The van der Waals surface area contributed by atoms with E-state index in [0.717, 1.165) is 19.6 Å². The number of amides is 1. The van der Waals surface area contributed by atoms with E-state index in [1.807, 2.05) is 0 Å². The predicted molar refractivity (Wildman–Crippen MR) is 78.0 cm³/mol. The monoisotopic (exact) mass is 265 g/mol. The summed E-state index contributed by atoms with van der Waals surface area (Å²) in [5.74, 6) is 0.0713. The number of hydrogen-bond acceptors (Lipinski definition) is 5. The number of hydrogen-bond donors (Lipinski definition) is 3. The molecule has 5 N–H and O–H groups in total. The number of carbonyl (C=O) groups excluding carboxylic acids is 1. The minimum absolute atomic E-state index is 0.219. The summed E-state index contributed by atoms with van der Waals surface area (Å²) in [5.41, 5.74) is 11.5. The normalized spacial score (nSPS) is 12.4. The first-order chi connectivity index (χ1) is 8.97. The molecule has 0 aliphatic rings. The lowest BCUT2D eigenvalue weighted by molar-refractivity contribution is 0.100. The molecule has 1 unspecified atom stereocenters. The number of pyridine rings is 1. The largest absolute Gasteiger partial charge is 0.397 e. The van der Waals surface area contributed by atoms with E-state index in [2.05, 4.69) is 36.0 Å². The van der Waals surface area contributed by atoms with Gasteiger partial charge in [0.2, 0.25) is 0 Å². The quantitative estimate of drug-likeness (QED) is 0.680. The van der Waals surface area contributed by atoms with Crippen LogP contribution in [-0.4, -0.2) is 41.5 Å². The third-order valence-electron chi connectivity index (χ3n) is 3.02. The number of aromatic nitrogens is 1. The second-order valence-corrected chi connectivity index (χ2v) is 4.55. The van der Waals surface area contributed by atoms with Crippen molar-refractivity contribution in [3.05, 3.63) is 17.8 Å². The molecule has 106 valence electrons. The zero-order chi connectivity index (χ0) is 14.4. The van der Waals surface area contributed by atoms with Crippen molar-refractivity contribution in [2.24, 2.45) is 5.73 Å². The van der Waals surface area contributed by atoms with E-state index in [4.69, 9.17) is 11.5 Å². The second-order valence-electron chi connectivity index (χ2n) is 4.55. The van der Waals surface area contributed by atoms with Gasteiger partial charge in [0.1, 0.15) is 5.82 Å². The van der Waals surface area contributed by atoms with Crippen LogP contribution in [0.5, 0.6) is 0 Å². The molecule has 0 aromatic carbocycles. The van der Waals surface area contributed by atoms with Gasteiger partial charge in [-0.1, -0.05) is 13.8 Å². The Morgan fingerprint density at radius 2 is 2.11 bits per heavy atom. The molecule has 1 aromatic heterocycles.